The highest BCUT2D eigenvalue weighted by atomic mass is 14.3. The van der Waals surface area contributed by atoms with Gasteiger partial charge in [0.15, 0.2) is 0 Å². The van der Waals surface area contributed by atoms with Crippen LogP contribution in [0.25, 0.3) is 0 Å². The van der Waals surface area contributed by atoms with Gasteiger partial charge in [-0.1, -0.05) is 286 Å². The summed E-state index contributed by atoms with van der Waals surface area (Å²) in [6.07, 6.45) is 25.2. The zero-order valence-corrected chi connectivity index (χ0v) is 41.0. The number of rotatable bonds is 9. The van der Waals surface area contributed by atoms with Gasteiger partial charge in [-0.25, -0.2) is 0 Å². The van der Waals surface area contributed by atoms with Crippen LogP contribution in [0.4, 0.5) is 0 Å². The van der Waals surface area contributed by atoms with Crippen LogP contribution in [0.2, 0.25) is 0 Å². The molecule has 366 valence electrons. The normalized spacial score (nSPS) is 16.7. The first-order valence-electron chi connectivity index (χ1n) is 24.0. The van der Waals surface area contributed by atoms with Crippen molar-refractivity contribution >= 4 is 0 Å². The van der Waals surface area contributed by atoms with E-state index in [0.29, 0.717) is 5.41 Å². The van der Waals surface area contributed by atoms with Crippen LogP contribution in [-0.4, -0.2) is 0 Å². The minimum Gasteiger partial charge on any atom is -0.0776 e. The van der Waals surface area contributed by atoms with Crippen LogP contribution in [0.1, 0.15) is 299 Å². The zero-order valence-electron chi connectivity index (χ0n) is 41.0. The van der Waals surface area contributed by atoms with E-state index in [0.717, 1.165) is 76.9 Å². The molecule has 4 saturated carbocycles. The summed E-state index contributed by atoms with van der Waals surface area (Å²) in [7, 11) is 0. The van der Waals surface area contributed by atoms with Crippen LogP contribution in [0.5, 0.6) is 0 Å². The van der Waals surface area contributed by atoms with Gasteiger partial charge in [-0.3, -0.25) is 0 Å². The fourth-order valence-electron chi connectivity index (χ4n) is 6.31. The van der Waals surface area contributed by atoms with Gasteiger partial charge < -0.3 is 0 Å². The zero-order chi connectivity index (χ0) is 41.0. The van der Waals surface area contributed by atoms with Gasteiger partial charge in [0.2, 0.25) is 0 Å². The van der Waals surface area contributed by atoms with Crippen molar-refractivity contribution in [3.05, 3.63) is 0 Å². The Morgan fingerprint density at radius 3 is 0.759 bits per heavy atom. The molecule has 0 spiro atoms. The Balaban J connectivity index is -0.0000000681. The van der Waals surface area contributed by atoms with Crippen molar-refractivity contribution < 1.29 is 0 Å². The average Bonchev–Trinajstić information content (AvgIpc) is 3.65. The van der Waals surface area contributed by atoms with Crippen LogP contribution in [0.15, 0.2) is 0 Å². The third-order valence-electron chi connectivity index (χ3n) is 13.3. The second-order valence-electron chi connectivity index (χ2n) is 22.1. The molecule has 4 rings (SSSR count). The summed E-state index contributed by atoms with van der Waals surface area (Å²) in [5.74, 6) is 12.4. The van der Waals surface area contributed by atoms with E-state index in [1.807, 2.05) is 0 Å². The van der Waals surface area contributed by atoms with Crippen LogP contribution >= 0.6 is 0 Å². The van der Waals surface area contributed by atoms with Gasteiger partial charge in [-0.05, 0) is 95.2 Å². The highest BCUT2D eigenvalue weighted by Gasteiger charge is 2.21. The molecule has 0 aromatic heterocycles. The Morgan fingerprint density at radius 2 is 0.655 bits per heavy atom. The predicted molar refractivity (Wildman–Crippen MR) is 286 cm³/mol. The standard InChI is InChI=1S/C9H18.2C8H16.C7H14.2C7H16.C6H14.6CH4/c1-8(2)9-6-4-3-5-7-9;1-7(2)6-8-4-3-5-8;1-7(2)8-5-3-4-6-8;1-6(2)5-7-3-4-7;1-6(2)7(3,4)5;1-5-7(4)6(2)3;1-5(2)6(3)4;;;;;;/h8-9H,3-7H2,1-2H3;2*7-8H,3-6H2,1-2H3;6-7H,3-5H2,1-2H3;6H,1-5H3;6-7H,5H2,1-4H3;5-6H,1-4H3;6*1H4. The van der Waals surface area contributed by atoms with Crippen LogP contribution in [-0.2, 0) is 0 Å². The summed E-state index contributed by atoms with van der Waals surface area (Å²) in [4.78, 5) is 0. The van der Waals surface area contributed by atoms with E-state index < -0.39 is 0 Å². The summed E-state index contributed by atoms with van der Waals surface area (Å²) in [6.45, 7) is 48.0. The topological polar surface area (TPSA) is 0 Å². The highest BCUT2D eigenvalue weighted by molar-refractivity contribution is 4.74. The smallest absolute Gasteiger partial charge is 0.0360 e. The molecule has 0 nitrogen and oxygen atoms in total. The molecule has 0 aliphatic heterocycles. The SMILES string of the molecule is C.C.C.C.C.C.CC(C)C(C)(C)C.CC(C)C(C)C.CC(C)C1CCCC1.CC(C)C1CCCCC1.CC(C)CC1CC1.CC(C)CC1CCC1.CCC(C)C(C)C. The van der Waals surface area contributed by atoms with E-state index in [-0.39, 0.29) is 44.6 Å². The lowest BCUT2D eigenvalue weighted by molar-refractivity contribution is 0.264. The van der Waals surface area contributed by atoms with E-state index >= 15 is 0 Å². The lowest BCUT2D eigenvalue weighted by Gasteiger charge is -2.26. The molecule has 1 atom stereocenters. The molecule has 0 aromatic carbocycles. The van der Waals surface area contributed by atoms with Gasteiger partial charge >= 0.3 is 0 Å². The lowest BCUT2D eigenvalue weighted by Crippen LogP contribution is -2.12. The third kappa shape index (κ3) is 54.0. The maximum Gasteiger partial charge on any atom is -0.0360 e. The van der Waals surface area contributed by atoms with Gasteiger partial charge in [0.25, 0.3) is 0 Å². The van der Waals surface area contributed by atoms with Crippen molar-refractivity contribution in [2.45, 2.75) is 299 Å². The predicted octanol–water partition coefficient (Wildman–Crippen LogP) is 22.8. The summed E-state index contributed by atoms with van der Waals surface area (Å²) >= 11 is 0. The van der Waals surface area contributed by atoms with Gasteiger partial charge in [-0.2, -0.15) is 0 Å². The van der Waals surface area contributed by atoms with Gasteiger partial charge in [-0.15, -0.1) is 0 Å². The number of hydrogen-bond donors (Lipinski definition) is 0. The van der Waals surface area contributed by atoms with Crippen molar-refractivity contribution in [2.75, 3.05) is 0 Å². The van der Waals surface area contributed by atoms with Gasteiger partial charge in [0.05, 0.1) is 0 Å². The first kappa shape index (κ1) is 78.5. The fourth-order valence-corrected chi connectivity index (χ4v) is 6.31. The first-order chi connectivity index (χ1) is 24.0. The average molecular weight is 832 g/mol. The van der Waals surface area contributed by atoms with E-state index in [1.165, 1.54) is 109 Å². The molecule has 0 amide bonds. The van der Waals surface area contributed by atoms with Crippen molar-refractivity contribution in [3.63, 3.8) is 0 Å². The van der Waals surface area contributed by atoms with Gasteiger partial charge in [0, 0.05) is 0 Å². The Kier molecular flexibility index (Phi) is 62.9. The van der Waals surface area contributed by atoms with Crippen LogP contribution in [0, 0.1) is 82.3 Å². The molecule has 0 aromatic rings. The Bertz CT molecular complexity index is 687. The first-order valence-corrected chi connectivity index (χ1v) is 24.0. The van der Waals surface area contributed by atoms with E-state index in [1.54, 1.807) is 0 Å². The Hall–Kier alpha value is 0. The molecule has 0 radical (unpaired) electrons. The minimum atomic E-state index is 0. The molecular formula is C58H134. The van der Waals surface area contributed by atoms with Crippen LogP contribution < -0.4 is 0 Å². The fraction of sp³-hybridized carbons (Fsp3) is 1.00. The molecule has 0 saturated heterocycles. The monoisotopic (exact) mass is 831 g/mol. The highest BCUT2D eigenvalue weighted by Crippen LogP contribution is 2.35. The van der Waals surface area contributed by atoms with E-state index in [2.05, 4.69) is 145 Å². The molecular weight excluding hydrogens is 697 g/mol. The summed E-state index contributed by atoms with van der Waals surface area (Å²) in [5.41, 5.74) is 0.500. The van der Waals surface area contributed by atoms with E-state index in [9.17, 15) is 0 Å². The Morgan fingerprint density at radius 1 is 0.379 bits per heavy atom. The second-order valence-corrected chi connectivity index (χ2v) is 22.1. The molecule has 0 heterocycles. The summed E-state index contributed by atoms with van der Waals surface area (Å²) < 4.78 is 0. The van der Waals surface area contributed by atoms with Crippen molar-refractivity contribution in [1.82, 2.24) is 0 Å². The largest absolute Gasteiger partial charge is 0.0776 e. The molecule has 0 bridgehead atoms. The summed E-state index contributed by atoms with van der Waals surface area (Å²) in [6, 6.07) is 0. The third-order valence-corrected chi connectivity index (χ3v) is 13.3. The summed E-state index contributed by atoms with van der Waals surface area (Å²) in [5, 5.41) is 0. The Labute approximate surface area is 380 Å². The molecule has 4 aliphatic carbocycles. The molecule has 4 fully saturated rings. The minimum absolute atomic E-state index is 0. The number of hydrogen-bond acceptors (Lipinski definition) is 0. The van der Waals surface area contributed by atoms with E-state index in [4.69, 9.17) is 0 Å². The van der Waals surface area contributed by atoms with Gasteiger partial charge in [0.1, 0.15) is 0 Å². The molecule has 1 unspecified atom stereocenters. The molecule has 58 heavy (non-hydrogen) atoms. The van der Waals surface area contributed by atoms with Crippen molar-refractivity contribution in [3.8, 4) is 0 Å². The molecule has 4 aliphatic rings. The molecule has 0 N–H and O–H groups in total. The quantitative estimate of drug-likeness (QED) is 0.217. The van der Waals surface area contributed by atoms with Crippen molar-refractivity contribution in [1.29, 1.82) is 0 Å². The lowest BCUT2D eigenvalue weighted by atomic mass is 9.80. The van der Waals surface area contributed by atoms with Crippen LogP contribution in [0.3, 0.4) is 0 Å². The maximum absolute atomic E-state index is 2.36. The molecule has 0 heteroatoms. The van der Waals surface area contributed by atoms with Crippen molar-refractivity contribution in [2.24, 2.45) is 82.3 Å². The maximum atomic E-state index is 2.36. The second kappa shape index (κ2) is 46.5.